The fourth-order valence-corrected chi connectivity index (χ4v) is 2.86. The van der Waals surface area contributed by atoms with Gasteiger partial charge in [0.1, 0.15) is 12.4 Å². The van der Waals surface area contributed by atoms with Gasteiger partial charge in [0.15, 0.2) is 11.9 Å². The molecule has 0 bridgehead atoms. The lowest BCUT2D eigenvalue weighted by Crippen LogP contribution is -2.26. The van der Waals surface area contributed by atoms with Crippen LogP contribution < -0.4 is 9.64 Å². The summed E-state index contributed by atoms with van der Waals surface area (Å²) in [6.45, 7) is 2.69. The highest BCUT2D eigenvalue weighted by molar-refractivity contribution is 6.00. The minimum absolute atomic E-state index is 0.0427. The first kappa shape index (κ1) is 17.3. The van der Waals surface area contributed by atoms with Gasteiger partial charge in [0, 0.05) is 18.9 Å². The lowest BCUT2D eigenvalue weighted by Gasteiger charge is -2.15. The third kappa shape index (κ3) is 3.92. The Balaban J connectivity index is 1.68. The lowest BCUT2D eigenvalue weighted by molar-refractivity contribution is -0.146. The molecule has 3 rings (SSSR count). The molecule has 1 amide bonds. The maximum absolute atomic E-state index is 12.1. The maximum atomic E-state index is 12.1. The zero-order chi connectivity index (χ0) is 17.8. The van der Waals surface area contributed by atoms with Gasteiger partial charge in [-0.05, 0) is 25.0 Å². The summed E-state index contributed by atoms with van der Waals surface area (Å²) in [5.74, 6) is 0.239. The monoisotopic (exact) mass is 347 g/mol. The number of anilines is 1. The molecule has 0 aliphatic carbocycles. The van der Waals surface area contributed by atoms with E-state index in [1.165, 1.54) is 4.90 Å². The van der Waals surface area contributed by atoms with Crippen LogP contribution in [-0.2, 0) is 14.3 Å². The number of nitrogens with zero attached hydrogens (tertiary/aromatic N) is 1. The summed E-state index contributed by atoms with van der Waals surface area (Å²) >= 11 is 0. The number of ketones is 1. The van der Waals surface area contributed by atoms with Crippen LogP contribution in [-0.4, -0.2) is 43.7 Å². The van der Waals surface area contributed by atoms with Gasteiger partial charge in [0.05, 0.1) is 24.4 Å². The van der Waals surface area contributed by atoms with Gasteiger partial charge in [-0.25, -0.2) is 4.79 Å². The van der Waals surface area contributed by atoms with E-state index in [0.717, 1.165) is 0 Å². The van der Waals surface area contributed by atoms with Crippen LogP contribution in [0.15, 0.2) is 18.2 Å². The van der Waals surface area contributed by atoms with Crippen LogP contribution in [0.2, 0.25) is 0 Å². The van der Waals surface area contributed by atoms with Crippen LogP contribution in [0.4, 0.5) is 10.5 Å². The summed E-state index contributed by atoms with van der Waals surface area (Å²) in [6.07, 6.45) is 1.19. The second-order valence-electron chi connectivity index (χ2n) is 6.11. The largest absolute Gasteiger partial charge is 0.493 e. The third-order valence-corrected chi connectivity index (χ3v) is 4.14. The van der Waals surface area contributed by atoms with Crippen molar-refractivity contribution < 1.29 is 28.6 Å². The van der Waals surface area contributed by atoms with Gasteiger partial charge in [-0.15, -0.1) is 0 Å². The molecule has 1 fully saturated rings. The Labute approximate surface area is 145 Å². The van der Waals surface area contributed by atoms with Gasteiger partial charge in [0.2, 0.25) is 0 Å². The smallest absolute Gasteiger partial charge is 0.414 e. The first-order valence-electron chi connectivity index (χ1n) is 8.52. The Hall–Kier alpha value is -2.57. The lowest BCUT2D eigenvalue weighted by atomic mass is 10.1. The standard InChI is InChI=1S/C18H21NO6/c1-2-4-17(21)24-11-13-10-19(18(22)25-13)12-6-7-14-15(20)5-3-8-23-16(14)9-12/h6-7,9,13H,2-5,8,10-11H2,1H3. The molecule has 2 aliphatic heterocycles. The summed E-state index contributed by atoms with van der Waals surface area (Å²) in [4.78, 5) is 37.0. The van der Waals surface area contributed by atoms with Crippen molar-refractivity contribution >= 4 is 23.5 Å². The normalized spacial score (nSPS) is 19.7. The molecule has 1 unspecified atom stereocenters. The quantitative estimate of drug-likeness (QED) is 0.762. The average Bonchev–Trinajstić information content (AvgIpc) is 2.87. The number of hydrogen-bond acceptors (Lipinski definition) is 6. The average molecular weight is 347 g/mol. The summed E-state index contributed by atoms with van der Waals surface area (Å²) in [7, 11) is 0. The Morgan fingerprint density at radius 2 is 2.20 bits per heavy atom. The zero-order valence-electron chi connectivity index (χ0n) is 14.2. The van der Waals surface area contributed by atoms with Crippen LogP contribution in [0.1, 0.15) is 43.0 Å². The molecule has 134 valence electrons. The number of fused-ring (bicyclic) bond motifs is 1. The van der Waals surface area contributed by atoms with Crippen molar-refractivity contribution in [2.24, 2.45) is 0 Å². The molecule has 2 aliphatic rings. The number of rotatable bonds is 5. The number of ether oxygens (including phenoxy) is 3. The second-order valence-corrected chi connectivity index (χ2v) is 6.11. The molecule has 0 spiro atoms. The predicted molar refractivity (Wildman–Crippen MR) is 89.0 cm³/mol. The van der Waals surface area contributed by atoms with Crippen LogP contribution in [0, 0.1) is 0 Å². The third-order valence-electron chi connectivity index (χ3n) is 4.14. The fraction of sp³-hybridized carbons (Fsp3) is 0.500. The van der Waals surface area contributed by atoms with Crippen molar-refractivity contribution in [3.63, 3.8) is 0 Å². The number of Topliss-reactive ketones (excluding diaryl/α,β-unsaturated/α-hetero) is 1. The van der Waals surface area contributed by atoms with E-state index in [1.807, 2.05) is 6.92 Å². The molecule has 0 N–H and O–H groups in total. The number of benzene rings is 1. The van der Waals surface area contributed by atoms with E-state index in [9.17, 15) is 14.4 Å². The Morgan fingerprint density at radius 3 is 3.00 bits per heavy atom. The van der Waals surface area contributed by atoms with Crippen molar-refractivity contribution in [2.45, 2.75) is 38.7 Å². The van der Waals surface area contributed by atoms with Crippen molar-refractivity contribution in [1.29, 1.82) is 0 Å². The Kier molecular flexibility index (Phi) is 5.21. The van der Waals surface area contributed by atoms with Gasteiger partial charge in [-0.1, -0.05) is 6.92 Å². The molecule has 0 radical (unpaired) electrons. The number of esters is 1. The van der Waals surface area contributed by atoms with E-state index in [-0.39, 0.29) is 24.9 Å². The first-order chi connectivity index (χ1) is 12.1. The minimum atomic E-state index is -0.505. The Morgan fingerprint density at radius 1 is 1.36 bits per heavy atom. The van der Waals surface area contributed by atoms with E-state index >= 15 is 0 Å². The molecule has 1 saturated heterocycles. The van der Waals surface area contributed by atoms with Crippen LogP contribution >= 0.6 is 0 Å². The van der Waals surface area contributed by atoms with E-state index in [2.05, 4.69) is 0 Å². The molecular weight excluding hydrogens is 326 g/mol. The van der Waals surface area contributed by atoms with Gasteiger partial charge in [0.25, 0.3) is 0 Å². The number of carbonyl (C=O) groups excluding carboxylic acids is 3. The van der Waals surface area contributed by atoms with Gasteiger partial charge >= 0.3 is 12.1 Å². The molecule has 1 aromatic carbocycles. The molecule has 7 nitrogen and oxygen atoms in total. The highest BCUT2D eigenvalue weighted by Gasteiger charge is 2.34. The summed E-state index contributed by atoms with van der Waals surface area (Å²) in [5, 5.41) is 0. The van der Waals surface area contributed by atoms with Crippen LogP contribution in [0.25, 0.3) is 0 Å². The summed E-state index contributed by atoms with van der Waals surface area (Å²) < 4.78 is 16.0. The minimum Gasteiger partial charge on any atom is -0.493 e. The van der Waals surface area contributed by atoms with Crippen molar-refractivity contribution in [3.8, 4) is 5.75 Å². The number of carbonyl (C=O) groups is 3. The molecule has 2 heterocycles. The van der Waals surface area contributed by atoms with Crippen molar-refractivity contribution in [1.82, 2.24) is 0 Å². The second kappa shape index (κ2) is 7.55. The Bertz CT molecular complexity index is 686. The van der Waals surface area contributed by atoms with Crippen LogP contribution in [0.5, 0.6) is 5.75 Å². The molecule has 1 atom stereocenters. The topological polar surface area (TPSA) is 82.1 Å². The van der Waals surface area contributed by atoms with Gasteiger partial charge in [-0.3, -0.25) is 14.5 Å². The molecule has 0 aromatic heterocycles. The number of hydrogen-bond donors (Lipinski definition) is 0. The predicted octanol–water partition coefficient (Wildman–Crippen LogP) is 2.71. The maximum Gasteiger partial charge on any atom is 0.414 e. The van der Waals surface area contributed by atoms with E-state index < -0.39 is 12.2 Å². The van der Waals surface area contributed by atoms with Gasteiger partial charge in [-0.2, -0.15) is 0 Å². The van der Waals surface area contributed by atoms with E-state index in [0.29, 0.717) is 49.3 Å². The molecule has 7 heteroatoms. The highest BCUT2D eigenvalue weighted by Crippen LogP contribution is 2.31. The van der Waals surface area contributed by atoms with Crippen molar-refractivity contribution in [3.05, 3.63) is 23.8 Å². The van der Waals surface area contributed by atoms with E-state index in [1.54, 1.807) is 18.2 Å². The molecular formula is C18H21NO6. The zero-order valence-corrected chi connectivity index (χ0v) is 14.2. The SMILES string of the molecule is CCCC(=O)OCC1CN(c2ccc3c(c2)OCCCC3=O)C(=O)O1. The fourth-order valence-electron chi connectivity index (χ4n) is 2.86. The molecule has 1 aromatic rings. The number of amides is 1. The summed E-state index contributed by atoms with van der Waals surface area (Å²) in [5.41, 5.74) is 1.14. The number of cyclic esters (lactones) is 1. The highest BCUT2D eigenvalue weighted by atomic mass is 16.6. The summed E-state index contributed by atoms with van der Waals surface area (Å²) in [6, 6.07) is 5.07. The molecule has 25 heavy (non-hydrogen) atoms. The van der Waals surface area contributed by atoms with Crippen molar-refractivity contribution in [2.75, 3.05) is 24.7 Å². The van der Waals surface area contributed by atoms with E-state index in [4.69, 9.17) is 14.2 Å². The first-order valence-corrected chi connectivity index (χ1v) is 8.52. The molecule has 0 saturated carbocycles. The van der Waals surface area contributed by atoms with Crippen LogP contribution in [0.3, 0.4) is 0 Å². The van der Waals surface area contributed by atoms with Gasteiger partial charge < -0.3 is 14.2 Å².